The van der Waals surface area contributed by atoms with Crippen LogP contribution in [0.2, 0.25) is 0 Å². The maximum Gasteiger partial charge on any atom is -0.000740 e. The number of rotatable bonds is 6. The monoisotopic (exact) mass is 956 g/mol. The standard InChI is InChI=1S/C76H44/c1-7-19-45(20-8-1)51-31-32-58-66(41-51)70(50-29-17-6-18-30-50)76-60-40-38-55-52-33-35-56-63-43-65-61(46-21-9-2-10-22-46)42-62(47-23-11-3-12-24-47)68(48-25-13-4-14-26-48)67(65)44-64(63)57-36-34-53(71(52)73(56)57)54-37-39-59(74(60)72(54)55)75(76)69(58)49-27-15-5-16-28-49/h1-44H. The van der Waals surface area contributed by atoms with Gasteiger partial charge in [0.25, 0.3) is 0 Å². The lowest BCUT2D eigenvalue weighted by Crippen LogP contribution is -1.94. The summed E-state index contributed by atoms with van der Waals surface area (Å²) in [6.45, 7) is 0. The third-order valence-corrected chi connectivity index (χ3v) is 17.1. The first-order valence-corrected chi connectivity index (χ1v) is 26.6. The van der Waals surface area contributed by atoms with Crippen molar-refractivity contribution in [3.8, 4) is 111 Å². The van der Waals surface area contributed by atoms with Gasteiger partial charge >= 0.3 is 0 Å². The van der Waals surface area contributed by atoms with E-state index in [-0.39, 0.29) is 0 Å². The molecular formula is C76H44. The molecule has 2 aliphatic carbocycles. The zero-order valence-corrected chi connectivity index (χ0v) is 41.4. The molecule has 0 atom stereocenters. The predicted molar refractivity (Wildman–Crippen MR) is 324 cm³/mol. The van der Waals surface area contributed by atoms with Crippen LogP contribution in [-0.2, 0) is 0 Å². The van der Waals surface area contributed by atoms with Crippen molar-refractivity contribution in [1.82, 2.24) is 0 Å². The van der Waals surface area contributed by atoms with E-state index < -0.39 is 0 Å². The van der Waals surface area contributed by atoms with Crippen molar-refractivity contribution >= 4 is 64.6 Å². The summed E-state index contributed by atoms with van der Waals surface area (Å²) < 4.78 is 0. The van der Waals surface area contributed by atoms with Gasteiger partial charge in [-0.05, 0) is 200 Å². The first-order valence-electron chi connectivity index (χ1n) is 26.6. The highest BCUT2D eigenvalue weighted by Crippen LogP contribution is 2.61. The van der Waals surface area contributed by atoms with Crippen LogP contribution in [0.1, 0.15) is 0 Å². The number of fused-ring (bicyclic) bond motifs is 10. The molecule has 76 heavy (non-hydrogen) atoms. The molecule has 0 nitrogen and oxygen atoms in total. The van der Waals surface area contributed by atoms with E-state index in [9.17, 15) is 0 Å². The van der Waals surface area contributed by atoms with E-state index >= 15 is 0 Å². The van der Waals surface area contributed by atoms with Crippen molar-refractivity contribution in [3.05, 3.63) is 267 Å². The minimum atomic E-state index is 1.21. The Kier molecular flexibility index (Phi) is 8.65. The van der Waals surface area contributed by atoms with Gasteiger partial charge in [0, 0.05) is 0 Å². The molecule has 0 heterocycles. The molecule has 0 heteroatoms. The van der Waals surface area contributed by atoms with Crippen LogP contribution < -0.4 is 0 Å². The van der Waals surface area contributed by atoms with Gasteiger partial charge in [-0.1, -0.05) is 243 Å². The van der Waals surface area contributed by atoms with Gasteiger partial charge in [-0.3, -0.25) is 0 Å². The molecule has 17 rings (SSSR count). The average Bonchev–Trinajstić information content (AvgIpc) is 4.11. The van der Waals surface area contributed by atoms with Gasteiger partial charge in [0.2, 0.25) is 0 Å². The number of hydrogen-bond donors (Lipinski definition) is 0. The smallest absolute Gasteiger partial charge is 0.000740 e. The Morgan fingerprint density at radius 1 is 0.132 bits per heavy atom. The highest BCUT2D eigenvalue weighted by atomic mass is 14.4. The Morgan fingerprint density at radius 3 is 0.974 bits per heavy atom. The van der Waals surface area contributed by atoms with Crippen LogP contribution in [0.25, 0.3) is 176 Å². The average molecular weight is 957 g/mol. The summed E-state index contributed by atoms with van der Waals surface area (Å²) >= 11 is 0. The lowest BCUT2D eigenvalue weighted by Gasteiger charge is -2.21. The second-order valence-corrected chi connectivity index (χ2v) is 20.9. The third kappa shape index (κ3) is 5.73. The van der Waals surface area contributed by atoms with Gasteiger partial charge in [0.1, 0.15) is 0 Å². The van der Waals surface area contributed by atoms with E-state index in [4.69, 9.17) is 0 Å². The lowest BCUT2D eigenvalue weighted by molar-refractivity contribution is 1.59. The van der Waals surface area contributed by atoms with Crippen LogP contribution in [0.5, 0.6) is 0 Å². The summed E-state index contributed by atoms with van der Waals surface area (Å²) in [7, 11) is 0. The molecule has 0 saturated heterocycles. The SMILES string of the molecule is c1ccc(-c2ccc3c(-c4ccccc4)c4c(c(-c5ccccc5)c3c2)-c2ccc3c5ccc6c7c(ccc(c8ccc-4c2c83)c75)-c2cc3c(-c4ccccc4)c(-c4ccccc4)cc(-c4ccccc4)c3cc2-6)cc1. The van der Waals surface area contributed by atoms with E-state index in [0.29, 0.717) is 0 Å². The Hall–Kier alpha value is -9.88. The van der Waals surface area contributed by atoms with E-state index in [0.717, 1.165) is 0 Å². The van der Waals surface area contributed by atoms with E-state index in [2.05, 4.69) is 267 Å². The van der Waals surface area contributed by atoms with Crippen LogP contribution in [-0.4, -0.2) is 0 Å². The minimum Gasteiger partial charge on any atom is -0.0622 e. The van der Waals surface area contributed by atoms with Crippen molar-refractivity contribution in [3.63, 3.8) is 0 Å². The fraction of sp³-hybridized carbons (Fsp3) is 0. The fourth-order valence-electron chi connectivity index (χ4n) is 13.9. The van der Waals surface area contributed by atoms with Crippen molar-refractivity contribution in [2.75, 3.05) is 0 Å². The lowest BCUT2D eigenvalue weighted by atomic mass is 9.82. The molecule has 0 fully saturated rings. The molecule has 15 aromatic rings. The van der Waals surface area contributed by atoms with Crippen molar-refractivity contribution in [1.29, 1.82) is 0 Å². The molecule has 0 bridgehead atoms. The molecule has 0 amide bonds. The van der Waals surface area contributed by atoms with Gasteiger partial charge in [-0.25, -0.2) is 0 Å². The Bertz CT molecular complexity index is 4880. The molecule has 0 N–H and O–H groups in total. The molecule has 0 spiro atoms. The van der Waals surface area contributed by atoms with Crippen molar-refractivity contribution in [2.45, 2.75) is 0 Å². The second-order valence-electron chi connectivity index (χ2n) is 20.9. The zero-order chi connectivity index (χ0) is 49.6. The second kappa shape index (κ2) is 15.8. The van der Waals surface area contributed by atoms with Crippen LogP contribution in [0, 0.1) is 0 Å². The fourth-order valence-corrected chi connectivity index (χ4v) is 13.9. The molecule has 0 aliphatic heterocycles. The van der Waals surface area contributed by atoms with E-state index in [1.54, 1.807) is 0 Å². The molecule has 15 aromatic carbocycles. The van der Waals surface area contributed by atoms with Gasteiger partial charge in [-0.2, -0.15) is 0 Å². The summed E-state index contributed by atoms with van der Waals surface area (Å²) in [4.78, 5) is 0. The Labute approximate surface area is 440 Å². The topological polar surface area (TPSA) is 0 Å². The predicted octanol–water partition coefficient (Wildman–Crippen LogP) is 21.3. The van der Waals surface area contributed by atoms with Crippen LogP contribution in [0.4, 0.5) is 0 Å². The first-order chi connectivity index (χ1) is 37.7. The van der Waals surface area contributed by atoms with Crippen molar-refractivity contribution < 1.29 is 0 Å². The van der Waals surface area contributed by atoms with Crippen LogP contribution in [0.15, 0.2) is 267 Å². The van der Waals surface area contributed by atoms with Crippen LogP contribution >= 0.6 is 0 Å². The van der Waals surface area contributed by atoms with Gasteiger partial charge < -0.3 is 0 Å². The third-order valence-electron chi connectivity index (χ3n) is 17.1. The minimum absolute atomic E-state index is 1.21. The van der Waals surface area contributed by atoms with E-state index in [1.165, 1.54) is 176 Å². The zero-order valence-electron chi connectivity index (χ0n) is 41.4. The van der Waals surface area contributed by atoms with E-state index in [1.807, 2.05) is 0 Å². The quantitative estimate of drug-likeness (QED) is 0.115. The normalized spacial score (nSPS) is 12.2. The summed E-state index contributed by atoms with van der Waals surface area (Å²) in [5, 5.41) is 15.7. The molecule has 0 radical (unpaired) electrons. The summed E-state index contributed by atoms with van der Waals surface area (Å²) in [5.41, 5.74) is 25.4. The maximum absolute atomic E-state index is 2.53. The highest BCUT2D eigenvalue weighted by Gasteiger charge is 2.34. The Balaban J connectivity index is 0.949. The molecule has 0 aromatic heterocycles. The molecule has 0 unspecified atom stereocenters. The summed E-state index contributed by atoms with van der Waals surface area (Å²) in [6, 6.07) is 100. The van der Waals surface area contributed by atoms with Gasteiger partial charge in [-0.15, -0.1) is 0 Å². The van der Waals surface area contributed by atoms with Crippen LogP contribution in [0.3, 0.4) is 0 Å². The molecule has 348 valence electrons. The largest absolute Gasteiger partial charge is 0.0622 e. The summed E-state index contributed by atoms with van der Waals surface area (Å²) in [6.07, 6.45) is 0. The molecule has 2 aliphatic rings. The van der Waals surface area contributed by atoms with Gasteiger partial charge in [0.15, 0.2) is 0 Å². The number of benzene rings is 15. The number of hydrogen-bond acceptors (Lipinski definition) is 0. The van der Waals surface area contributed by atoms with Gasteiger partial charge in [0.05, 0.1) is 0 Å². The summed E-state index contributed by atoms with van der Waals surface area (Å²) in [5.74, 6) is 0. The van der Waals surface area contributed by atoms with Crippen molar-refractivity contribution in [2.24, 2.45) is 0 Å². The molecule has 0 saturated carbocycles. The first kappa shape index (κ1) is 41.6. The maximum atomic E-state index is 2.53. The Morgan fingerprint density at radius 2 is 0.487 bits per heavy atom. The molecular weight excluding hydrogens is 913 g/mol. The highest BCUT2D eigenvalue weighted by molar-refractivity contribution is 6.41.